The predicted octanol–water partition coefficient (Wildman–Crippen LogP) is 4.72. The summed E-state index contributed by atoms with van der Waals surface area (Å²) < 4.78 is 5.38. The molecule has 1 aliphatic heterocycles. The maximum atomic E-state index is 12.1. The second kappa shape index (κ2) is 11.5. The number of piperidine rings is 1. The Balaban J connectivity index is 1.33. The van der Waals surface area contributed by atoms with Gasteiger partial charge in [-0.25, -0.2) is 0 Å². The molecule has 1 aliphatic carbocycles. The lowest BCUT2D eigenvalue weighted by Crippen LogP contribution is -2.44. The topological polar surface area (TPSA) is 88.7 Å². The third-order valence-electron chi connectivity index (χ3n) is 7.45. The molecule has 6 nitrogen and oxygen atoms in total. The van der Waals surface area contributed by atoms with Crippen molar-refractivity contribution < 1.29 is 14.6 Å². The highest BCUT2D eigenvalue weighted by molar-refractivity contribution is 7.99. The molecule has 0 bridgehead atoms. The molecule has 0 amide bonds. The number of pyridine rings is 1. The van der Waals surface area contributed by atoms with Crippen LogP contribution in [0.25, 0.3) is 10.9 Å². The summed E-state index contributed by atoms with van der Waals surface area (Å²) in [5.74, 6) is 1.10. The van der Waals surface area contributed by atoms with Crippen molar-refractivity contribution in [2.45, 2.75) is 56.2 Å². The third kappa shape index (κ3) is 6.19. The Hall–Kier alpha value is -1.83. The molecule has 2 fully saturated rings. The van der Waals surface area contributed by atoms with Gasteiger partial charge in [0, 0.05) is 41.7 Å². The molecule has 2 aromatic rings. The monoisotopic (exact) mass is 471 g/mol. The average Bonchev–Trinajstić information content (AvgIpc) is 3.35. The summed E-state index contributed by atoms with van der Waals surface area (Å²) in [5, 5.41) is 11.8. The number of carboxylic acids is 1. The molecular weight excluding hydrogens is 434 g/mol. The van der Waals surface area contributed by atoms with Gasteiger partial charge in [0.25, 0.3) is 0 Å². The molecule has 1 aromatic carbocycles. The highest BCUT2D eigenvalue weighted by Gasteiger charge is 2.34. The number of nitrogens with zero attached hydrogens (tertiary/aromatic N) is 2. The van der Waals surface area contributed by atoms with E-state index in [4.69, 9.17) is 10.5 Å². The SMILES string of the molecule is COc1ccc2nccc([C@H](N)CC[C@@H]3CCN(CCSC4CCCC4)C[C@@H]3C(=O)O)c2c1. The van der Waals surface area contributed by atoms with Crippen molar-refractivity contribution in [2.24, 2.45) is 17.6 Å². The Morgan fingerprint density at radius 1 is 1.30 bits per heavy atom. The van der Waals surface area contributed by atoms with Gasteiger partial charge in [-0.1, -0.05) is 12.8 Å². The molecule has 0 spiro atoms. The number of nitrogens with two attached hydrogens (primary N) is 1. The molecule has 3 N–H and O–H groups in total. The third-order valence-corrected chi connectivity index (χ3v) is 8.81. The van der Waals surface area contributed by atoms with E-state index in [-0.39, 0.29) is 17.9 Å². The number of carboxylic acid groups (broad SMARTS) is 1. The minimum atomic E-state index is -0.666. The number of fused-ring (bicyclic) bond motifs is 1. The van der Waals surface area contributed by atoms with Crippen LogP contribution in [0.2, 0.25) is 0 Å². The summed E-state index contributed by atoms with van der Waals surface area (Å²) in [4.78, 5) is 18.9. The summed E-state index contributed by atoms with van der Waals surface area (Å²) in [6.07, 6.45) is 9.77. The van der Waals surface area contributed by atoms with Crippen LogP contribution in [0.1, 0.15) is 56.6 Å². The van der Waals surface area contributed by atoms with Crippen molar-refractivity contribution >= 4 is 28.6 Å². The number of likely N-dealkylation sites (tertiary alicyclic amines) is 1. The van der Waals surface area contributed by atoms with Gasteiger partial charge in [-0.2, -0.15) is 11.8 Å². The summed E-state index contributed by atoms with van der Waals surface area (Å²) in [7, 11) is 1.66. The minimum Gasteiger partial charge on any atom is -0.497 e. The van der Waals surface area contributed by atoms with Gasteiger partial charge in [-0.3, -0.25) is 9.78 Å². The molecule has 1 saturated carbocycles. The fraction of sp³-hybridized carbons (Fsp3) is 0.615. The molecule has 0 radical (unpaired) electrons. The van der Waals surface area contributed by atoms with Crippen molar-refractivity contribution in [3.8, 4) is 5.75 Å². The molecule has 1 aromatic heterocycles. The van der Waals surface area contributed by atoms with E-state index < -0.39 is 5.97 Å². The van der Waals surface area contributed by atoms with E-state index in [0.717, 1.165) is 65.6 Å². The van der Waals surface area contributed by atoms with Gasteiger partial charge in [-0.15, -0.1) is 0 Å². The van der Waals surface area contributed by atoms with E-state index in [0.29, 0.717) is 6.54 Å². The lowest BCUT2D eigenvalue weighted by Gasteiger charge is -2.37. The van der Waals surface area contributed by atoms with Crippen LogP contribution in [0.15, 0.2) is 30.5 Å². The largest absolute Gasteiger partial charge is 0.497 e. The molecule has 4 rings (SSSR count). The zero-order chi connectivity index (χ0) is 23.2. The fourth-order valence-corrected chi connectivity index (χ4v) is 6.81. The number of benzene rings is 1. The van der Waals surface area contributed by atoms with Crippen LogP contribution in [0.4, 0.5) is 0 Å². The van der Waals surface area contributed by atoms with Gasteiger partial charge < -0.3 is 20.5 Å². The van der Waals surface area contributed by atoms with E-state index in [1.165, 1.54) is 25.7 Å². The Morgan fingerprint density at radius 3 is 2.88 bits per heavy atom. The van der Waals surface area contributed by atoms with Crippen molar-refractivity contribution in [1.29, 1.82) is 0 Å². The van der Waals surface area contributed by atoms with Crippen LogP contribution >= 0.6 is 11.8 Å². The summed E-state index contributed by atoms with van der Waals surface area (Å²) in [6.45, 7) is 2.65. The number of hydrogen-bond donors (Lipinski definition) is 2. The van der Waals surface area contributed by atoms with Crippen LogP contribution in [0.5, 0.6) is 5.75 Å². The van der Waals surface area contributed by atoms with Crippen LogP contribution in [-0.2, 0) is 4.79 Å². The molecule has 7 heteroatoms. The maximum Gasteiger partial charge on any atom is 0.308 e. The van der Waals surface area contributed by atoms with Gasteiger partial charge in [0.05, 0.1) is 18.5 Å². The normalized spacial score (nSPS) is 23.1. The van der Waals surface area contributed by atoms with Crippen molar-refractivity contribution in [3.63, 3.8) is 0 Å². The first-order chi connectivity index (χ1) is 16.0. The quantitative estimate of drug-likeness (QED) is 0.518. The van der Waals surface area contributed by atoms with Crippen molar-refractivity contribution in [1.82, 2.24) is 9.88 Å². The zero-order valence-corrected chi connectivity index (χ0v) is 20.4. The van der Waals surface area contributed by atoms with Crippen LogP contribution in [0, 0.1) is 11.8 Å². The van der Waals surface area contributed by atoms with Crippen LogP contribution in [0.3, 0.4) is 0 Å². The number of aliphatic carboxylic acids is 1. The van der Waals surface area contributed by atoms with E-state index in [1.54, 1.807) is 13.3 Å². The predicted molar refractivity (Wildman–Crippen MR) is 135 cm³/mol. The standard InChI is InChI=1S/C26H37N3O3S/c1-32-19-7-9-25-22(16-19)21(10-12-28-25)24(27)8-6-18-11-13-29(17-23(18)26(30)31)14-15-33-20-4-2-3-5-20/h7,9-10,12,16,18,20,23-24H,2-6,8,11,13-15,17,27H2,1H3,(H,30,31)/t18-,23+,24-/m1/s1. The second-order valence-corrected chi connectivity index (χ2v) is 10.9. The highest BCUT2D eigenvalue weighted by Crippen LogP contribution is 2.34. The molecule has 2 heterocycles. The van der Waals surface area contributed by atoms with Gasteiger partial charge in [-0.05, 0) is 74.4 Å². The number of hydrogen-bond acceptors (Lipinski definition) is 6. The molecule has 2 aliphatic rings. The summed E-state index contributed by atoms with van der Waals surface area (Å²) in [6, 6.07) is 7.66. The molecule has 3 atom stereocenters. The van der Waals surface area contributed by atoms with Gasteiger partial charge >= 0.3 is 5.97 Å². The number of methoxy groups -OCH3 is 1. The zero-order valence-electron chi connectivity index (χ0n) is 19.6. The maximum absolute atomic E-state index is 12.1. The molecular formula is C26H37N3O3S. The second-order valence-electron chi connectivity index (χ2n) is 9.54. The summed E-state index contributed by atoms with van der Waals surface area (Å²) in [5.41, 5.74) is 8.56. The Bertz CT molecular complexity index is 934. The van der Waals surface area contributed by atoms with Crippen molar-refractivity contribution in [2.75, 3.05) is 32.5 Å². The van der Waals surface area contributed by atoms with Crippen LogP contribution < -0.4 is 10.5 Å². The van der Waals surface area contributed by atoms with E-state index >= 15 is 0 Å². The van der Waals surface area contributed by atoms with Crippen molar-refractivity contribution in [3.05, 3.63) is 36.0 Å². The van der Waals surface area contributed by atoms with E-state index in [2.05, 4.69) is 21.6 Å². The number of aromatic nitrogens is 1. The highest BCUT2D eigenvalue weighted by atomic mass is 32.2. The van der Waals surface area contributed by atoms with Crippen LogP contribution in [-0.4, -0.2) is 58.7 Å². The Kier molecular flexibility index (Phi) is 8.50. The first kappa shape index (κ1) is 24.3. The number of rotatable bonds is 10. The number of ether oxygens (including phenoxy) is 1. The van der Waals surface area contributed by atoms with E-state index in [9.17, 15) is 9.90 Å². The van der Waals surface area contributed by atoms with E-state index in [1.807, 2.05) is 24.3 Å². The fourth-order valence-electron chi connectivity index (χ4n) is 5.45. The Labute approximate surface area is 201 Å². The van der Waals surface area contributed by atoms with Gasteiger partial charge in [0.15, 0.2) is 0 Å². The summed E-state index contributed by atoms with van der Waals surface area (Å²) >= 11 is 2.08. The lowest BCUT2D eigenvalue weighted by atomic mass is 9.81. The Morgan fingerprint density at radius 2 is 2.12 bits per heavy atom. The molecule has 0 unspecified atom stereocenters. The minimum absolute atomic E-state index is 0.155. The number of thioether (sulfide) groups is 1. The smallest absolute Gasteiger partial charge is 0.308 e. The van der Waals surface area contributed by atoms with Gasteiger partial charge in [0.1, 0.15) is 5.75 Å². The lowest BCUT2D eigenvalue weighted by molar-refractivity contribution is -0.146. The molecule has 180 valence electrons. The molecule has 1 saturated heterocycles. The first-order valence-corrected chi connectivity index (χ1v) is 13.3. The number of carbonyl (C=O) groups is 1. The average molecular weight is 472 g/mol. The first-order valence-electron chi connectivity index (χ1n) is 12.3. The van der Waals surface area contributed by atoms with Gasteiger partial charge in [0.2, 0.25) is 0 Å². The molecule has 33 heavy (non-hydrogen) atoms.